The maximum atomic E-state index is 8.94. The normalized spacial score (nSPS) is 33.3. The molecule has 1 aliphatic carbocycles. The molecule has 1 N–H and O–H groups in total. The molecule has 3 heteroatoms. The highest BCUT2D eigenvalue weighted by molar-refractivity contribution is 5.35. The van der Waals surface area contributed by atoms with E-state index >= 15 is 0 Å². The number of rotatable bonds is 2. The van der Waals surface area contributed by atoms with Crippen LogP contribution in [0, 0.1) is 5.92 Å². The second kappa shape index (κ2) is 2.36. The fourth-order valence-electron chi connectivity index (χ4n) is 1.55. The van der Waals surface area contributed by atoms with Crippen LogP contribution in [0.1, 0.15) is 0 Å². The summed E-state index contributed by atoms with van der Waals surface area (Å²) in [6.07, 6.45) is 5.99. The molecule has 0 aromatic rings. The molecule has 2 unspecified atom stereocenters. The van der Waals surface area contributed by atoms with Crippen LogP contribution in [0.15, 0.2) is 23.9 Å². The van der Waals surface area contributed by atoms with Crippen LogP contribution in [0.2, 0.25) is 0 Å². The first-order valence-corrected chi connectivity index (χ1v) is 3.71. The van der Waals surface area contributed by atoms with Crippen LogP contribution in [0.4, 0.5) is 0 Å². The lowest BCUT2D eigenvalue weighted by molar-refractivity contribution is -0.0359. The minimum absolute atomic E-state index is 0.193. The highest BCUT2D eigenvalue weighted by Crippen LogP contribution is 2.41. The first-order chi connectivity index (χ1) is 5.38. The zero-order valence-electron chi connectivity index (χ0n) is 6.40. The fraction of sp³-hybridized carbons (Fsp3) is 0.500. The van der Waals surface area contributed by atoms with Gasteiger partial charge in [0.2, 0.25) is 0 Å². The standard InChI is InChI=1S/C8H11NO2/c1-11-9-7-4-2-3-6(5-10)8(7)9/h2-4,6,8,10H,5H2,1H3. The molecule has 0 aromatic carbocycles. The summed E-state index contributed by atoms with van der Waals surface area (Å²) in [7, 11) is 1.65. The summed E-state index contributed by atoms with van der Waals surface area (Å²) >= 11 is 0. The summed E-state index contributed by atoms with van der Waals surface area (Å²) in [5.41, 5.74) is 1.18. The van der Waals surface area contributed by atoms with Gasteiger partial charge in [-0.1, -0.05) is 12.2 Å². The number of aliphatic hydroxyl groups is 1. The maximum absolute atomic E-state index is 8.94. The van der Waals surface area contributed by atoms with Crippen molar-refractivity contribution in [1.82, 2.24) is 5.06 Å². The van der Waals surface area contributed by atoms with Crippen LogP contribution in [-0.2, 0) is 4.84 Å². The van der Waals surface area contributed by atoms with Crippen molar-refractivity contribution in [2.45, 2.75) is 6.04 Å². The first-order valence-electron chi connectivity index (χ1n) is 3.71. The molecule has 0 bridgehead atoms. The molecule has 2 rings (SSSR count). The summed E-state index contributed by atoms with van der Waals surface area (Å²) in [4.78, 5) is 5.05. The Morgan fingerprint density at radius 3 is 3.18 bits per heavy atom. The predicted octanol–water partition coefficient (Wildman–Crippen LogP) is 0.294. The molecule has 1 saturated heterocycles. The summed E-state index contributed by atoms with van der Waals surface area (Å²) in [6, 6.07) is 0.301. The van der Waals surface area contributed by atoms with Gasteiger partial charge in [0.15, 0.2) is 0 Å². The van der Waals surface area contributed by atoms with Gasteiger partial charge in [-0.3, -0.25) is 4.84 Å². The molecular formula is C8H11NO2. The minimum atomic E-state index is 0.193. The van der Waals surface area contributed by atoms with Crippen LogP contribution in [-0.4, -0.2) is 29.9 Å². The minimum Gasteiger partial charge on any atom is -0.396 e. The number of fused-ring (bicyclic) bond motifs is 1. The Kier molecular flexibility index (Phi) is 1.47. The van der Waals surface area contributed by atoms with Gasteiger partial charge in [-0.15, -0.1) is 0 Å². The van der Waals surface area contributed by atoms with Gasteiger partial charge in [0, 0.05) is 5.92 Å². The second-order valence-electron chi connectivity index (χ2n) is 2.78. The van der Waals surface area contributed by atoms with Crippen molar-refractivity contribution in [1.29, 1.82) is 0 Å². The average molecular weight is 153 g/mol. The molecule has 1 heterocycles. The summed E-state index contributed by atoms with van der Waals surface area (Å²) in [5.74, 6) is 0.218. The SMILES string of the molecule is CON1C2=CC=CC(CO)C21. The lowest BCUT2D eigenvalue weighted by Crippen LogP contribution is -2.15. The monoisotopic (exact) mass is 153 g/mol. The van der Waals surface area contributed by atoms with Gasteiger partial charge in [-0.05, 0) is 6.08 Å². The van der Waals surface area contributed by atoms with E-state index in [1.807, 2.05) is 23.3 Å². The number of hydroxylamine groups is 2. The maximum Gasteiger partial charge on any atom is 0.107 e. The molecule has 3 nitrogen and oxygen atoms in total. The molecular weight excluding hydrogens is 142 g/mol. The Hall–Kier alpha value is -0.800. The number of aliphatic hydroxyl groups excluding tert-OH is 1. The number of hydrogen-bond donors (Lipinski definition) is 1. The van der Waals surface area contributed by atoms with Crippen molar-refractivity contribution >= 4 is 0 Å². The molecule has 0 saturated carbocycles. The third-order valence-corrected chi connectivity index (χ3v) is 2.18. The molecule has 0 amide bonds. The van der Waals surface area contributed by atoms with Gasteiger partial charge >= 0.3 is 0 Å². The highest BCUT2D eigenvalue weighted by Gasteiger charge is 2.47. The summed E-state index contributed by atoms with van der Waals surface area (Å²) in [6.45, 7) is 0.193. The van der Waals surface area contributed by atoms with E-state index in [0.29, 0.717) is 6.04 Å². The number of hydrogen-bond acceptors (Lipinski definition) is 3. The van der Waals surface area contributed by atoms with E-state index in [0.717, 1.165) is 0 Å². The van der Waals surface area contributed by atoms with Crippen LogP contribution in [0.5, 0.6) is 0 Å². The molecule has 60 valence electrons. The van der Waals surface area contributed by atoms with E-state index in [-0.39, 0.29) is 12.5 Å². The van der Waals surface area contributed by atoms with Crippen molar-refractivity contribution in [3.63, 3.8) is 0 Å². The van der Waals surface area contributed by atoms with Crippen molar-refractivity contribution in [3.05, 3.63) is 23.9 Å². The third kappa shape index (κ3) is 0.886. The van der Waals surface area contributed by atoms with E-state index in [2.05, 4.69) is 0 Å². The Bertz CT molecular complexity index is 222. The zero-order chi connectivity index (χ0) is 7.84. The van der Waals surface area contributed by atoms with Crippen LogP contribution >= 0.6 is 0 Å². The molecule has 0 spiro atoms. The van der Waals surface area contributed by atoms with Crippen LogP contribution in [0.25, 0.3) is 0 Å². The van der Waals surface area contributed by atoms with Crippen molar-refractivity contribution < 1.29 is 9.94 Å². The number of nitrogens with zero attached hydrogens (tertiary/aromatic N) is 1. The van der Waals surface area contributed by atoms with Gasteiger partial charge in [0.1, 0.15) is 6.04 Å². The Morgan fingerprint density at radius 2 is 2.55 bits per heavy atom. The van der Waals surface area contributed by atoms with Crippen LogP contribution in [0.3, 0.4) is 0 Å². The Morgan fingerprint density at radius 1 is 1.73 bits per heavy atom. The van der Waals surface area contributed by atoms with Crippen molar-refractivity contribution in [3.8, 4) is 0 Å². The predicted molar refractivity (Wildman–Crippen MR) is 40.4 cm³/mol. The fourth-order valence-corrected chi connectivity index (χ4v) is 1.55. The van der Waals surface area contributed by atoms with Gasteiger partial charge in [-0.2, -0.15) is 0 Å². The smallest absolute Gasteiger partial charge is 0.107 e. The molecule has 11 heavy (non-hydrogen) atoms. The van der Waals surface area contributed by atoms with E-state index < -0.39 is 0 Å². The average Bonchev–Trinajstić information content (AvgIpc) is 2.77. The van der Waals surface area contributed by atoms with Crippen LogP contribution < -0.4 is 0 Å². The summed E-state index contributed by atoms with van der Waals surface area (Å²) < 4.78 is 0. The lowest BCUT2D eigenvalue weighted by atomic mass is 10.0. The van der Waals surface area contributed by atoms with E-state index in [1.165, 1.54) is 5.70 Å². The molecule has 2 atom stereocenters. The van der Waals surface area contributed by atoms with Gasteiger partial charge < -0.3 is 5.11 Å². The third-order valence-electron chi connectivity index (χ3n) is 2.18. The largest absolute Gasteiger partial charge is 0.396 e. The molecule has 0 radical (unpaired) electrons. The number of allylic oxidation sites excluding steroid dienone is 2. The van der Waals surface area contributed by atoms with E-state index in [9.17, 15) is 0 Å². The second-order valence-corrected chi connectivity index (χ2v) is 2.78. The van der Waals surface area contributed by atoms with Gasteiger partial charge in [0.05, 0.1) is 19.4 Å². The highest BCUT2D eigenvalue weighted by atomic mass is 16.7. The van der Waals surface area contributed by atoms with Crippen molar-refractivity contribution in [2.75, 3.05) is 13.7 Å². The topological polar surface area (TPSA) is 32.5 Å². The molecule has 1 aliphatic heterocycles. The molecule has 0 aromatic heterocycles. The quantitative estimate of drug-likeness (QED) is 0.579. The molecule has 2 aliphatic rings. The molecule has 1 fully saturated rings. The van der Waals surface area contributed by atoms with E-state index in [1.54, 1.807) is 7.11 Å². The van der Waals surface area contributed by atoms with E-state index in [4.69, 9.17) is 9.94 Å². The Labute approximate surface area is 65.5 Å². The first kappa shape index (κ1) is 6.88. The zero-order valence-corrected chi connectivity index (χ0v) is 6.40. The van der Waals surface area contributed by atoms with Gasteiger partial charge in [-0.25, -0.2) is 5.06 Å². The Balaban J connectivity index is 2.11. The lowest BCUT2D eigenvalue weighted by Gasteiger charge is -2.07. The van der Waals surface area contributed by atoms with Crippen molar-refractivity contribution in [2.24, 2.45) is 5.92 Å². The summed E-state index contributed by atoms with van der Waals surface area (Å²) in [5, 5.41) is 10.8. The van der Waals surface area contributed by atoms with Gasteiger partial charge in [0.25, 0.3) is 0 Å².